The number of hydrogen-bond acceptors (Lipinski definition) is 2. The molecule has 38 heavy (non-hydrogen) atoms. The minimum absolute atomic E-state index is 0. The first kappa shape index (κ1) is 29.1. The maximum atomic E-state index is 12.6. The lowest BCUT2D eigenvalue weighted by molar-refractivity contribution is -0.110. The van der Waals surface area contributed by atoms with Crippen molar-refractivity contribution in [1.29, 1.82) is 0 Å². The maximum Gasteiger partial charge on any atom is 0.256 e. The van der Waals surface area contributed by atoms with Crippen LogP contribution in [0.2, 0.25) is 0 Å². The van der Waals surface area contributed by atoms with Crippen LogP contribution in [0.3, 0.4) is 0 Å². The topological polar surface area (TPSA) is 32.3 Å². The minimum atomic E-state index is -0.0350. The molecule has 2 aliphatic heterocycles. The van der Waals surface area contributed by atoms with Gasteiger partial charge < -0.3 is 10.2 Å². The average molecular weight is 511 g/mol. The van der Waals surface area contributed by atoms with Gasteiger partial charge in [-0.3, -0.25) is 4.79 Å². The van der Waals surface area contributed by atoms with E-state index in [1.807, 2.05) is 12.1 Å². The van der Waals surface area contributed by atoms with Gasteiger partial charge in [0.2, 0.25) is 0 Å². The Labute approximate surface area is 231 Å². The molecule has 3 heteroatoms. The van der Waals surface area contributed by atoms with Crippen molar-refractivity contribution < 1.29 is 6.22 Å². The van der Waals surface area contributed by atoms with E-state index in [4.69, 9.17) is 0 Å². The van der Waals surface area contributed by atoms with E-state index in [2.05, 4.69) is 99.2 Å². The molecule has 0 aliphatic carbocycles. The third-order valence-corrected chi connectivity index (χ3v) is 7.45. The molecule has 2 heterocycles. The number of carbonyl (C=O) groups excluding carboxylic acids is 1. The predicted molar refractivity (Wildman–Crippen MR) is 168 cm³/mol. The predicted octanol–water partition coefficient (Wildman–Crippen LogP) is 8.82. The van der Waals surface area contributed by atoms with E-state index in [0.29, 0.717) is 0 Å². The number of likely N-dealkylation sites (tertiary alicyclic amines) is 1. The SMILES string of the molecule is C.C=C1CCCN(C)CC1.CCc1ccc(/C=C2/C(=O)Nc3ccc(-c4c(C)cccc4CC)cc32)cc1.[HH]. The molecule has 5 rings (SSSR count). The molecule has 0 aromatic heterocycles. The van der Waals surface area contributed by atoms with Gasteiger partial charge in [0.05, 0.1) is 0 Å². The van der Waals surface area contributed by atoms with E-state index in [0.717, 1.165) is 40.8 Å². The standard InChI is InChI=1S/C26H25NO.C8H15N.CH4.H2/c1-4-18-9-11-19(12-10-18)15-23-22-16-21(13-14-24(22)27-26(23)28)25-17(3)7-6-8-20(25)5-2;1-8-4-3-6-9(2)7-5-8;;/h6-16H,4-5H2,1-3H3,(H,27,28);1,3-7H2,2H3;1H4;1H/b23-15+;;;. The highest BCUT2D eigenvalue weighted by molar-refractivity contribution is 6.35. The normalized spacial score (nSPS) is 16.2. The van der Waals surface area contributed by atoms with Gasteiger partial charge in [-0.1, -0.05) is 82.0 Å². The third kappa shape index (κ3) is 6.90. The minimum Gasteiger partial charge on any atom is -0.321 e. The van der Waals surface area contributed by atoms with Crippen LogP contribution in [-0.4, -0.2) is 30.9 Å². The van der Waals surface area contributed by atoms with Gasteiger partial charge in [-0.2, -0.15) is 0 Å². The molecule has 3 aromatic rings. The Kier molecular flexibility index (Phi) is 10.3. The van der Waals surface area contributed by atoms with Gasteiger partial charge in [0.15, 0.2) is 0 Å². The Bertz CT molecular complexity index is 1310. The Hall–Kier alpha value is -3.43. The molecule has 3 nitrogen and oxygen atoms in total. The molecule has 1 amide bonds. The van der Waals surface area contributed by atoms with Crippen LogP contribution < -0.4 is 5.32 Å². The number of nitrogens with one attached hydrogen (secondary N) is 1. The van der Waals surface area contributed by atoms with E-state index in [-0.39, 0.29) is 14.8 Å². The van der Waals surface area contributed by atoms with E-state index in [1.165, 1.54) is 60.2 Å². The molecule has 2 aliphatic rings. The molecule has 0 spiro atoms. The molecular weight excluding hydrogens is 464 g/mol. The molecular formula is C35H46N2O. The summed E-state index contributed by atoms with van der Waals surface area (Å²) in [5.74, 6) is -0.0350. The van der Waals surface area contributed by atoms with Crippen molar-refractivity contribution in [1.82, 2.24) is 4.90 Å². The van der Waals surface area contributed by atoms with Crippen LogP contribution in [-0.2, 0) is 17.6 Å². The number of hydrogen-bond donors (Lipinski definition) is 1. The largest absolute Gasteiger partial charge is 0.321 e. The van der Waals surface area contributed by atoms with Crippen LogP contribution in [0.25, 0.3) is 22.8 Å². The van der Waals surface area contributed by atoms with E-state index in [1.54, 1.807) is 0 Å². The van der Waals surface area contributed by atoms with Crippen molar-refractivity contribution in [3.63, 3.8) is 0 Å². The molecule has 3 aromatic carbocycles. The molecule has 1 N–H and O–H groups in total. The van der Waals surface area contributed by atoms with Gasteiger partial charge in [0.25, 0.3) is 5.91 Å². The van der Waals surface area contributed by atoms with Crippen molar-refractivity contribution in [2.45, 2.75) is 60.3 Å². The van der Waals surface area contributed by atoms with Crippen LogP contribution in [0.5, 0.6) is 0 Å². The number of benzene rings is 3. The van der Waals surface area contributed by atoms with Gasteiger partial charge >= 0.3 is 0 Å². The average Bonchev–Trinajstić information content (AvgIpc) is 3.08. The summed E-state index contributed by atoms with van der Waals surface area (Å²) in [6.45, 7) is 12.9. The smallest absolute Gasteiger partial charge is 0.256 e. The van der Waals surface area contributed by atoms with Crippen molar-refractivity contribution in [2.24, 2.45) is 0 Å². The Morgan fingerprint density at radius 3 is 2.47 bits per heavy atom. The van der Waals surface area contributed by atoms with Crippen LogP contribution in [0, 0.1) is 6.92 Å². The molecule has 1 fully saturated rings. The fourth-order valence-corrected chi connectivity index (χ4v) is 5.12. The van der Waals surface area contributed by atoms with E-state index < -0.39 is 0 Å². The van der Waals surface area contributed by atoms with Gasteiger partial charge in [-0.05, 0) is 104 Å². The summed E-state index contributed by atoms with van der Waals surface area (Å²) < 4.78 is 0. The number of anilines is 1. The Morgan fingerprint density at radius 1 is 1.00 bits per heavy atom. The zero-order valence-corrected chi connectivity index (χ0v) is 22.9. The highest BCUT2D eigenvalue weighted by Gasteiger charge is 2.25. The zero-order valence-electron chi connectivity index (χ0n) is 22.9. The second-order valence-corrected chi connectivity index (χ2v) is 10.2. The molecule has 0 bridgehead atoms. The van der Waals surface area contributed by atoms with E-state index >= 15 is 0 Å². The molecule has 0 unspecified atom stereocenters. The van der Waals surface area contributed by atoms with Crippen LogP contribution in [0.1, 0.15) is 69.8 Å². The highest BCUT2D eigenvalue weighted by Crippen LogP contribution is 2.38. The fraction of sp³-hybridized carbons (Fsp3) is 0.343. The summed E-state index contributed by atoms with van der Waals surface area (Å²) in [5, 5.41) is 3.00. The summed E-state index contributed by atoms with van der Waals surface area (Å²) in [4.78, 5) is 15.0. The van der Waals surface area contributed by atoms with Gasteiger partial charge in [-0.25, -0.2) is 0 Å². The maximum absolute atomic E-state index is 12.6. The Balaban J connectivity index is 0.000000416. The summed E-state index contributed by atoms with van der Waals surface area (Å²) in [6.07, 6.45) is 7.73. The molecule has 0 radical (unpaired) electrons. The highest BCUT2D eigenvalue weighted by atomic mass is 16.2. The number of nitrogens with zero attached hydrogens (tertiary/aromatic N) is 1. The number of amides is 1. The quantitative estimate of drug-likeness (QED) is 0.281. The lowest BCUT2D eigenvalue weighted by Gasteiger charge is -2.13. The first-order chi connectivity index (χ1) is 17.9. The molecule has 0 atom stereocenters. The third-order valence-electron chi connectivity index (χ3n) is 7.45. The van der Waals surface area contributed by atoms with Gasteiger partial charge in [0, 0.05) is 24.8 Å². The molecule has 202 valence electrons. The zero-order chi connectivity index (χ0) is 26.4. The van der Waals surface area contributed by atoms with Crippen LogP contribution in [0.4, 0.5) is 5.69 Å². The summed E-state index contributed by atoms with van der Waals surface area (Å²) in [7, 11) is 2.18. The van der Waals surface area contributed by atoms with Crippen molar-refractivity contribution in [2.75, 3.05) is 25.5 Å². The number of fused-ring (bicyclic) bond motifs is 1. The fourth-order valence-electron chi connectivity index (χ4n) is 5.12. The van der Waals surface area contributed by atoms with E-state index in [9.17, 15) is 4.79 Å². The number of rotatable bonds is 4. The number of aryl methyl sites for hydroxylation is 3. The second kappa shape index (κ2) is 13.4. The van der Waals surface area contributed by atoms with Crippen molar-refractivity contribution in [3.8, 4) is 11.1 Å². The number of carbonyl (C=O) groups is 1. The van der Waals surface area contributed by atoms with Crippen molar-refractivity contribution in [3.05, 3.63) is 101 Å². The van der Waals surface area contributed by atoms with Crippen LogP contribution >= 0.6 is 0 Å². The van der Waals surface area contributed by atoms with Crippen LogP contribution in [0.15, 0.2) is 72.8 Å². The molecule has 0 saturated carbocycles. The summed E-state index contributed by atoms with van der Waals surface area (Å²) >= 11 is 0. The summed E-state index contributed by atoms with van der Waals surface area (Å²) in [5.41, 5.74) is 11.4. The lowest BCUT2D eigenvalue weighted by atomic mass is 9.91. The van der Waals surface area contributed by atoms with Gasteiger partial charge in [-0.15, -0.1) is 0 Å². The lowest BCUT2D eigenvalue weighted by Crippen LogP contribution is -2.18. The summed E-state index contributed by atoms with van der Waals surface area (Å²) in [6, 6.07) is 21.1. The van der Waals surface area contributed by atoms with Gasteiger partial charge in [0.1, 0.15) is 0 Å². The monoisotopic (exact) mass is 510 g/mol. The first-order valence-electron chi connectivity index (χ1n) is 13.6. The molecule has 1 saturated heterocycles. The second-order valence-electron chi connectivity index (χ2n) is 10.2. The Morgan fingerprint density at radius 2 is 1.76 bits per heavy atom. The first-order valence-corrected chi connectivity index (χ1v) is 13.6. The van der Waals surface area contributed by atoms with Crippen molar-refractivity contribution >= 4 is 23.2 Å².